The zero-order valence-electron chi connectivity index (χ0n) is 8.96. The Labute approximate surface area is 97.7 Å². The summed E-state index contributed by atoms with van der Waals surface area (Å²) in [7, 11) is 2.76. The van der Waals surface area contributed by atoms with Crippen LogP contribution in [-0.2, 0) is 0 Å². The summed E-state index contributed by atoms with van der Waals surface area (Å²) in [6, 6.07) is 0.279. The van der Waals surface area contributed by atoms with E-state index in [1.165, 1.54) is 14.2 Å². The predicted octanol–water partition coefficient (Wildman–Crippen LogP) is 1.49. The van der Waals surface area contributed by atoms with E-state index >= 15 is 0 Å². The monoisotopic (exact) mass is 249 g/mol. The average Bonchev–Trinajstić information content (AvgIpc) is 2.30. The van der Waals surface area contributed by atoms with Gasteiger partial charge in [0, 0.05) is 11.6 Å². The molecule has 0 saturated heterocycles. The molecule has 3 N–H and O–H groups in total. The molecular formula is C10H13ClFNO3. The van der Waals surface area contributed by atoms with Crippen molar-refractivity contribution in [3.8, 4) is 11.5 Å². The van der Waals surface area contributed by atoms with Gasteiger partial charge in [-0.3, -0.25) is 0 Å². The van der Waals surface area contributed by atoms with Crippen LogP contribution in [-0.4, -0.2) is 25.9 Å². The minimum Gasteiger partial charge on any atom is -0.493 e. The molecule has 0 heterocycles. The number of hydrogen-bond donors (Lipinski definition) is 2. The Morgan fingerprint density at radius 3 is 2.56 bits per heavy atom. The van der Waals surface area contributed by atoms with E-state index in [9.17, 15) is 4.39 Å². The highest BCUT2D eigenvalue weighted by Crippen LogP contribution is 2.40. The summed E-state index contributed by atoms with van der Waals surface area (Å²) in [5.74, 6) is -0.253. The smallest absolute Gasteiger partial charge is 0.167 e. The quantitative estimate of drug-likeness (QED) is 0.849. The van der Waals surface area contributed by atoms with Crippen LogP contribution >= 0.6 is 11.6 Å². The number of ether oxygens (including phenoxy) is 2. The molecule has 0 aliphatic rings. The number of benzene rings is 1. The molecule has 6 heteroatoms. The molecule has 0 bridgehead atoms. The van der Waals surface area contributed by atoms with Crippen LogP contribution in [0.3, 0.4) is 0 Å². The summed E-state index contributed by atoms with van der Waals surface area (Å²) >= 11 is 5.78. The lowest BCUT2D eigenvalue weighted by molar-refractivity contribution is 0.262. The number of nitrogens with two attached hydrogens (primary N) is 1. The Kier molecular flexibility index (Phi) is 4.35. The van der Waals surface area contributed by atoms with Gasteiger partial charge in [-0.2, -0.15) is 0 Å². The van der Waals surface area contributed by atoms with Crippen LogP contribution < -0.4 is 15.2 Å². The molecule has 0 aromatic heterocycles. The van der Waals surface area contributed by atoms with Crippen molar-refractivity contribution in [2.24, 2.45) is 5.73 Å². The Morgan fingerprint density at radius 2 is 2.12 bits per heavy atom. The summed E-state index contributed by atoms with van der Waals surface area (Å²) in [5.41, 5.74) is 5.82. The third-order valence-electron chi connectivity index (χ3n) is 2.16. The van der Waals surface area contributed by atoms with E-state index in [1.807, 2.05) is 0 Å². The summed E-state index contributed by atoms with van der Waals surface area (Å²) in [5, 5.41) is 8.82. The number of halogens is 2. The van der Waals surface area contributed by atoms with Gasteiger partial charge in [0.2, 0.25) is 0 Å². The van der Waals surface area contributed by atoms with Crippen molar-refractivity contribution in [1.29, 1.82) is 0 Å². The van der Waals surface area contributed by atoms with Crippen molar-refractivity contribution in [1.82, 2.24) is 0 Å². The van der Waals surface area contributed by atoms with E-state index in [1.54, 1.807) is 0 Å². The van der Waals surface area contributed by atoms with Crippen molar-refractivity contribution in [2.75, 3.05) is 20.8 Å². The van der Waals surface area contributed by atoms with Crippen molar-refractivity contribution >= 4 is 11.6 Å². The van der Waals surface area contributed by atoms with E-state index in [-0.39, 0.29) is 28.7 Å². The molecule has 0 aliphatic heterocycles. The van der Waals surface area contributed by atoms with Crippen LogP contribution in [0, 0.1) is 5.82 Å². The first-order valence-electron chi connectivity index (χ1n) is 4.53. The fourth-order valence-corrected chi connectivity index (χ4v) is 1.67. The maximum absolute atomic E-state index is 13.4. The van der Waals surface area contributed by atoms with Gasteiger partial charge < -0.3 is 20.3 Å². The van der Waals surface area contributed by atoms with Crippen molar-refractivity contribution in [3.05, 3.63) is 22.5 Å². The second-order valence-corrected chi connectivity index (χ2v) is 3.49. The highest BCUT2D eigenvalue weighted by atomic mass is 35.5. The van der Waals surface area contributed by atoms with Gasteiger partial charge in [-0.05, 0) is 0 Å². The number of rotatable bonds is 4. The van der Waals surface area contributed by atoms with Crippen LogP contribution in [0.25, 0.3) is 0 Å². The summed E-state index contributed by atoms with van der Waals surface area (Å²) < 4.78 is 23.4. The lowest BCUT2D eigenvalue weighted by atomic mass is 10.1. The fourth-order valence-electron chi connectivity index (χ4n) is 1.39. The minimum absolute atomic E-state index is 0.167. The highest BCUT2D eigenvalue weighted by Gasteiger charge is 2.22. The third-order valence-corrected chi connectivity index (χ3v) is 2.55. The SMILES string of the molecule is COc1cc(F)c(Cl)c(C(N)CO)c1OC. The molecule has 1 aromatic rings. The lowest BCUT2D eigenvalue weighted by Crippen LogP contribution is -2.17. The maximum Gasteiger partial charge on any atom is 0.167 e. The molecule has 0 fully saturated rings. The Balaban J connectivity index is 3.46. The van der Waals surface area contributed by atoms with Gasteiger partial charge in [0.25, 0.3) is 0 Å². The van der Waals surface area contributed by atoms with E-state index in [0.717, 1.165) is 6.07 Å². The second-order valence-electron chi connectivity index (χ2n) is 3.11. The normalized spacial score (nSPS) is 12.4. The van der Waals surface area contributed by atoms with E-state index in [2.05, 4.69) is 0 Å². The molecule has 0 saturated carbocycles. The summed E-state index contributed by atoms with van der Waals surface area (Å²) in [6.07, 6.45) is 0. The van der Waals surface area contributed by atoms with E-state index in [4.69, 9.17) is 31.9 Å². The number of methoxy groups -OCH3 is 2. The number of hydrogen-bond acceptors (Lipinski definition) is 4. The Hall–Kier alpha value is -1.04. The van der Waals surface area contributed by atoms with Crippen LogP contribution in [0.5, 0.6) is 11.5 Å². The predicted molar refractivity (Wildman–Crippen MR) is 58.5 cm³/mol. The van der Waals surface area contributed by atoms with Crippen LogP contribution in [0.15, 0.2) is 6.07 Å². The standard InChI is InChI=1S/C10H13ClFNO3/c1-15-7-3-5(12)9(11)8(6(13)4-14)10(7)16-2/h3,6,14H,4,13H2,1-2H3. The van der Waals surface area contributed by atoms with Gasteiger partial charge in [0.15, 0.2) is 11.5 Å². The number of aliphatic hydroxyl groups excluding tert-OH is 1. The summed E-state index contributed by atoms with van der Waals surface area (Å²) in [4.78, 5) is 0. The molecule has 1 rings (SSSR count). The zero-order valence-corrected chi connectivity index (χ0v) is 9.71. The lowest BCUT2D eigenvalue weighted by Gasteiger charge is -2.18. The van der Waals surface area contributed by atoms with Crippen LogP contribution in [0.1, 0.15) is 11.6 Å². The molecule has 0 aliphatic carbocycles. The topological polar surface area (TPSA) is 64.7 Å². The molecule has 90 valence electrons. The van der Waals surface area contributed by atoms with Crippen LogP contribution in [0.4, 0.5) is 4.39 Å². The molecule has 1 unspecified atom stereocenters. The molecule has 4 nitrogen and oxygen atoms in total. The van der Waals surface area contributed by atoms with Gasteiger partial charge in [-0.15, -0.1) is 0 Å². The maximum atomic E-state index is 13.4. The minimum atomic E-state index is -0.827. The molecule has 16 heavy (non-hydrogen) atoms. The van der Waals surface area contributed by atoms with Gasteiger partial charge in [-0.1, -0.05) is 11.6 Å². The molecule has 0 spiro atoms. The first kappa shape index (κ1) is 13.0. The molecule has 0 radical (unpaired) electrons. The van der Waals surface area contributed by atoms with Gasteiger partial charge in [-0.25, -0.2) is 4.39 Å². The zero-order chi connectivity index (χ0) is 12.3. The highest BCUT2D eigenvalue weighted by molar-refractivity contribution is 6.31. The summed E-state index contributed by atoms with van der Waals surface area (Å²) in [6.45, 7) is -0.372. The van der Waals surface area contributed by atoms with E-state index in [0.29, 0.717) is 0 Å². The van der Waals surface area contributed by atoms with Crippen LogP contribution in [0.2, 0.25) is 5.02 Å². The van der Waals surface area contributed by atoms with Gasteiger partial charge in [0.05, 0.1) is 31.9 Å². The molecular weight excluding hydrogens is 237 g/mol. The first-order chi connectivity index (χ1) is 7.56. The van der Waals surface area contributed by atoms with Gasteiger partial charge >= 0.3 is 0 Å². The van der Waals surface area contributed by atoms with Crippen molar-refractivity contribution in [2.45, 2.75) is 6.04 Å². The Morgan fingerprint density at radius 1 is 1.50 bits per heavy atom. The number of aliphatic hydroxyl groups is 1. The second kappa shape index (κ2) is 5.34. The van der Waals surface area contributed by atoms with Crippen molar-refractivity contribution < 1.29 is 19.0 Å². The molecule has 0 amide bonds. The fraction of sp³-hybridized carbons (Fsp3) is 0.400. The van der Waals surface area contributed by atoms with Gasteiger partial charge in [0.1, 0.15) is 5.82 Å². The van der Waals surface area contributed by atoms with E-state index < -0.39 is 11.9 Å². The average molecular weight is 250 g/mol. The third kappa shape index (κ3) is 2.21. The Bertz CT molecular complexity index is 387. The molecule has 1 atom stereocenters. The first-order valence-corrected chi connectivity index (χ1v) is 4.90. The molecule has 1 aromatic carbocycles. The largest absolute Gasteiger partial charge is 0.493 e. The van der Waals surface area contributed by atoms with Crippen molar-refractivity contribution in [3.63, 3.8) is 0 Å².